The summed E-state index contributed by atoms with van der Waals surface area (Å²) in [6.45, 7) is 1.67. The van der Waals surface area contributed by atoms with Gasteiger partial charge in [0.1, 0.15) is 0 Å². The van der Waals surface area contributed by atoms with E-state index in [0.717, 1.165) is 5.56 Å². The summed E-state index contributed by atoms with van der Waals surface area (Å²) in [5, 5.41) is -0.501. The molecule has 0 saturated heterocycles. The quantitative estimate of drug-likeness (QED) is 0.797. The number of hydrogen-bond donors (Lipinski definition) is 1. The van der Waals surface area contributed by atoms with Crippen LogP contribution < -0.4 is 4.72 Å². The summed E-state index contributed by atoms with van der Waals surface area (Å²) in [5.41, 5.74) is 0.803. The molecule has 1 aromatic rings. The van der Waals surface area contributed by atoms with Gasteiger partial charge in [-0.05, 0) is 19.5 Å². The van der Waals surface area contributed by atoms with Crippen molar-refractivity contribution in [3.8, 4) is 0 Å². The maximum Gasteiger partial charge on any atom is 0.218 e. The Morgan fingerprint density at radius 2 is 1.77 bits per heavy atom. The molecule has 1 atom stereocenters. The van der Waals surface area contributed by atoms with E-state index < -0.39 is 15.3 Å². The normalized spacial score (nSPS) is 14.0. The van der Waals surface area contributed by atoms with Crippen LogP contribution in [0.4, 0.5) is 0 Å². The fourth-order valence-electron chi connectivity index (χ4n) is 1.08. The molecule has 13 heavy (non-hydrogen) atoms. The Labute approximate surface area is 78.8 Å². The third kappa shape index (κ3) is 2.29. The lowest BCUT2D eigenvalue weighted by atomic mass is 10.2. The van der Waals surface area contributed by atoms with E-state index in [9.17, 15) is 8.42 Å². The highest BCUT2D eigenvalue weighted by atomic mass is 32.2. The highest BCUT2D eigenvalue weighted by Gasteiger charge is 2.19. The molecule has 0 radical (unpaired) electrons. The summed E-state index contributed by atoms with van der Waals surface area (Å²) in [5.74, 6) is 0. The van der Waals surface area contributed by atoms with Crippen LogP contribution in [0.15, 0.2) is 30.3 Å². The van der Waals surface area contributed by atoms with Crippen LogP contribution in [-0.4, -0.2) is 15.5 Å². The van der Waals surface area contributed by atoms with Crippen molar-refractivity contribution >= 4 is 10.0 Å². The number of hydrogen-bond acceptors (Lipinski definition) is 2. The second-order valence-electron chi connectivity index (χ2n) is 2.80. The van der Waals surface area contributed by atoms with Gasteiger partial charge in [-0.1, -0.05) is 30.3 Å². The number of rotatable bonds is 3. The second kappa shape index (κ2) is 3.89. The standard InChI is InChI=1S/C9H13NO2S/c1-8(13(11,12)10-2)9-6-4-3-5-7-9/h3-8,10H,1-2H3. The third-order valence-electron chi connectivity index (χ3n) is 2.02. The molecule has 0 aliphatic rings. The Morgan fingerprint density at radius 1 is 1.23 bits per heavy atom. The highest BCUT2D eigenvalue weighted by molar-refractivity contribution is 7.89. The Morgan fingerprint density at radius 3 is 2.23 bits per heavy atom. The average molecular weight is 199 g/mol. The molecule has 1 N–H and O–H groups in total. The van der Waals surface area contributed by atoms with Crippen molar-refractivity contribution in [1.29, 1.82) is 0 Å². The van der Waals surface area contributed by atoms with E-state index in [1.165, 1.54) is 7.05 Å². The van der Waals surface area contributed by atoms with Crippen molar-refractivity contribution in [3.05, 3.63) is 35.9 Å². The summed E-state index contributed by atoms with van der Waals surface area (Å²) in [6, 6.07) is 9.13. The lowest BCUT2D eigenvalue weighted by Crippen LogP contribution is -2.23. The van der Waals surface area contributed by atoms with Gasteiger partial charge in [-0.2, -0.15) is 0 Å². The third-order valence-corrected chi connectivity index (χ3v) is 3.79. The minimum absolute atomic E-state index is 0.501. The number of sulfonamides is 1. The molecule has 1 unspecified atom stereocenters. The van der Waals surface area contributed by atoms with Crippen LogP contribution in [0.25, 0.3) is 0 Å². The molecule has 0 spiro atoms. The maximum absolute atomic E-state index is 11.4. The molecule has 3 nitrogen and oxygen atoms in total. The summed E-state index contributed by atoms with van der Waals surface area (Å²) in [7, 11) is -1.78. The molecule has 0 aromatic heterocycles. The van der Waals surface area contributed by atoms with Crippen molar-refractivity contribution in [2.75, 3.05) is 7.05 Å². The Bertz CT molecular complexity index is 358. The number of nitrogens with one attached hydrogen (secondary N) is 1. The second-order valence-corrected chi connectivity index (χ2v) is 5.01. The van der Waals surface area contributed by atoms with Crippen LogP contribution in [0.5, 0.6) is 0 Å². The largest absolute Gasteiger partial charge is 0.218 e. The van der Waals surface area contributed by atoms with E-state index in [4.69, 9.17) is 0 Å². The molecule has 0 aliphatic carbocycles. The average Bonchev–Trinajstić information content (AvgIpc) is 2.18. The predicted octanol–water partition coefficient (Wildman–Crippen LogP) is 1.30. The Balaban J connectivity index is 2.99. The first-order valence-corrected chi connectivity index (χ1v) is 5.60. The van der Waals surface area contributed by atoms with Gasteiger partial charge in [-0.15, -0.1) is 0 Å². The first-order chi connectivity index (χ1) is 6.08. The molecular formula is C9H13NO2S. The van der Waals surface area contributed by atoms with Crippen molar-refractivity contribution < 1.29 is 8.42 Å². The van der Waals surface area contributed by atoms with Gasteiger partial charge >= 0.3 is 0 Å². The van der Waals surface area contributed by atoms with Crippen molar-refractivity contribution in [1.82, 2.24) is 4.72 Å². The van der Waals surface area contributed by atoms with E-state index in [0.29, 0.717) is 0 Å². The van der Waals surface area contributed by atoms with Crippen LogP contribution in [0, 0.1) is 0 Å². The van der Waals surface area contributed by atoms with Crippen molar-refractivity contribution in [2.24, 2.45) is 0 Å². The smallest absolute Gasteiger partial charge is 0.218 e. The van der Waals surface area contributed by atoms with Gasteiger partial charge in [-0.25, -0.2) is 13.1 Å². The maximum atomic E-state index is 11.4. The van der Waals surface area contributed by atoms with Crippen molar-refractivity contribution in [2.45, 2.75) is 12.2 Å². The number of benzene rings is 1. The minimum Gasteiger partial charge on any atom is -0.218 e. The van der Waals surface area contributed by atoms with Gasteiger partial charge in [0.05, 0.1) is 5.25 Å². The lowest BCUT2D eigenvalue weighted by molar-refractivity contribution is 0.578. The Kier molecular flexibility index (Phi) is 3.06. The molecule has 4 heteroatoms. The molecule has 0 heterocycles. The van der Waals surface area contributed by atoms with E-state index >= 15 is 0 Å². The van der Waals surface area contributed by atoms with Gasteiger partial charge in [0.2, 0.25) is 10.0 Å². The van der Waals surface area contributed by atoms with Crippen LogP contribution in [0.3, 0.4) is 0 Å². The van der Waals surface area contributed by atoms with E-state index in [1.54, 1.807) is 19.1 Å². The molecule has 0 fully saturated rings. The zero-order valence-electron chi connectivity index (χ0n) is 7.69. The van der Waals surface area contributed by atoms with Crippen LogP contribution in [0.2, 0.25) is 0 Å². The zero-order valence-corrected chi connectivity index (χ0v) is 8.51. The molecule has 0 amide bonds. The van der Waals surface area contributed by atoms with E-state index in [-0.39, 0.29) is 0 Å². The zero-order chi connectivity index (χ0) is 9.90. The molecule has 72 valence electrons. The first-order valence-electron chi connectivity index (χ1n) is 4.05. The summed E-state index contributed by atoms with van der Waals surface area (Å²) < 4.78 is 25.1. The topological polar surface area (TPSA) is 46.2 Å². The summed E-state index contributed by atoms with van der Waals surface area (Å²) in [4.78, 5) is 0. The fourth-order valence-corrected chi connectivity index (χ4v) is 1.95. The molecule has 0 aliphatic heterocycles. The molecular weight excluding hydrogens is 186 g/mol. The Hall–Kier alpha value is -0.870. The van der Waals surface area contributed by atoms with Gasteiger partial charge in [0.15, 0.2) is 0 Å². The van der Waals surface area contributed by atoms with E-state index in [2.05, 4.69) is 4.72 Å². The fraction of sp³-hybridized carbons (Fsp3) is 0.333. The van der Waals surface area contributed by atoms with E-state index in [1.807, 2.05) is 18.2 Å². The monoisotopic (exact) mass is 199 g/mol. The van der Waals surface area contributed by atoms with Crippen LogP contribution in [0.1, 0.15) is 17.7 Å². The molecule has 0 saturated carbocycles. The predicted molar refractivity (Wildman–Crippen MR) is 52.8 cm³/mol. The first kappa shape index (κ1) is 10.2. The lowest BCUT2D eigenvalue weighted by Gasteiger charge is -2.11. The minimum atomic E-state index is -3.20. The van der Waals surface area contributed by atoms with Crippen molar-refractivity contribution in [3.63, 3.8) is 0 Å². The molecule has 0 bridgehead atoms. The van der Waals surface area contributed by atoms with Gasteiger partial charge in [0.25, 0.3) is 0 Å². The SMILES string of the molecule is CNS(=O)(=O)C(C)c1ccccc1. The molecule has 1 rings (SSSR count). The molecule has 1 aromatic carbocycles. The van der Waals surface area contributed by atoms with Gasteiger partial charge in [0, 0.05) is 0 Å². The summed E-state index contributed by atoms with van der Waals surface area (Å²) in [6.07, 6.45) is 0. The summed E-state index contributed by atoms with van der Waals surface area (Å²) >= 11 is 0. The van der Waals surface area contributed by atoms with Gasteiger partial charge < -0.3 is 0 Å². The van der Waals surface area contributed by atoms with Crippen LogP contribution >= 0.6 is 0 Å². The van der Waals surface area contributed by atoms with Gasteiger partial charge in [-0.3, -0.25) is 0 Å². The van der Waals surface area contributed by atoms with Crippen LogP contribution in [-0.2, 0) is 10.0 Å². The highest BCUT2D eigenvalue weighted by Crippen LogP contribution is 2.19.